The Morgan fingerprint density at radius 2 is 1.78 bits per heavy atom. The van der Waals surface area contributed by atoms with E-state index in [9.17, 15) is 31.6 Å². The summed E-state index contributed by atoms with van der Waals surface area (Å²) in [5.41, 5.74) is 0.745. The summed E-state index contributed by atoms with van der Waals surface area (Å²) in [5, 5.41) is 20.9. The van der Waals surface area contributed by atoms with E-state index in [0.29, 0.717) is 5.92 Å². The summed E-state index contributed by atoms with van der Waals surface area (Å²) in [5.74, 6) is -1.95. The smallest absolute Gasteiger partial charge is 0.446 e. The normalized spacial score (nSPS) is 27.8. The largest absolute Gasteiger partial charge is 0.504 e. The first kappa shape index (κ1) is 28.4. The van der Waals surface area contributed by atoms with E-state index in [4.69, 9.17) is 8.74 Å². The summed E-state index contributed by atoms with van der Waals surface area (Å²) in [6.07, 6.45) is 7.76. The van der Waals surface area contributed by atoms with Gasteiger partial charge in [0.2, 0.25) is 0 Å². The molecule has 0 bridgehead atoms. The number of phenolic OH excluding ortho intramolecular Hbond substituents is 2. The van der Waals surface area contributed by atoms with E-state index >= 15 is 0 Å². The molecule has 3 atom stereocenters. The zero-order valence-corrected chi connectivity index (χ0v) is 22.6. The number of phenols is 2. The van der Waals surface area contributed by atoms with Crippen LogP contribution < -0.4 is 4.18 Å². The van der Waals surface area contributed by atoms with Gasteiger partial charge < -0.3 is 14.4 Å². The zero-order valence-electron chi connectivity index (χ0n) is 20.9. The van der Waals surface area contributed by atoms with Crippen LogP contribution in [0.2, 0.25) is 0 Å². The number of fused-ring (bicyclic) bond motifs is 1. The number of allylic oxidation sites excluding steroid dienone is 1. The van der Waals surface area contributed by atoms with Crippen LogP contribution in [0.5, 0.6) is 17.2 Å². The lowest BCUT2D eigenvalue weighted by Gasteiger charge is -2.56. The van der Waals surface area contributed by atoms with Gasteiger partial charge in [0.1, 0.15) is 0 Å². The predicted octanol–water partition coefficient (Wildman–Crippen LogP) is 4.23. The van der Waals surface area contributed by atoms with E-state index in [1.54, 1.807) is 6.08 Å². The van der Waals surface area contributed by atoms with Crippen LogP contribution in [-0.2, 0) is 20.5 Å². The van der Waals surface area contributed by atoms with Crippen molar-refractivity contribution < 1.29 is 40.3 Å². The molecule has 1 aromatic carbocycles. The highest BCUT2D eigenvalue weighted by atomic mass is 32.3. The second-order valence-corrected chi connectivity index (χ2v) is 13.4. The van der Waals surface area contributed by atoms with Gasteiger partial charge in [0.25, 0.3) is 10.1 Å². The summed E-state index contributed by atoms with van der Waals surface area (Å²) in [4.78, 5) is 3.81. The van der Waals surface area contributed by atoms with Gasteiger partial charge in [-0.3, -0.25) is 14.1 Å². The lowest BCUT2D eigenvalue weighted by molar-refractivity contribution is -0.00534. The van der Waals surface area contributed by atoms with Crippen molar-refractivity contribution in [2.45, 2.75) is 59.8 Å². The minimum atomic E-state index is -5.04. The van der Waals surface area contributed by atoms with Gasteiger partial charge in [0, 0.05) is 11.8 Å². The van der Waals surface area contributed by atoms with Crippen LogP contribution in [-0.4, -0.2) is 54.7 Å². The number of rotatable bonds is 7. The third-order valence-electron chi connectivity index (χ3n) is 7.80. The Morgan fingerprint density at radius 3 is 2.39 bits per heavy atom. The molecule has 0 saturated heterocycles. The molecule has 36 heavy (non-hydrogen) atoms. The minimum Gasteiger partial charge on any atom is -0.504 e. The Kier molecular flexibility index (Phi) is 7.86. The van der Waals surface area contributed by atoms with Crippen LogP contribution in [0.3, 0.4) is 0 Å². The maximum Gasteiger partial charge on any atom is 0.446 e. The van der Waals surface area contributed by atoms with Crippen molar-refractivity contribution in [3.8, 4) is 17.2 Å². The van der Waals surface area contributed by atoms with E-state index in [1.165, 1.54) is 0 Å². The Balaban J connectivity index is 2.19. The van der Waals surface area contributed by atoms with Gasteiger partial charge in [0.15, 0.2) is 17.2 Å². The average molecular weight is 546 g/mol. The van der Waals surface area contributed by atoms with Crippen LogP contribution in [0.1, 0.15) is 70.9 Å². The molecule has 2 saturated carbocycles. The number of aromatic hydroxyl groups is 2. The summed E-state index contributed by atoms with van der Waals surface area (Å²) in [6.45, 7) is 8.44. The van der Waals surface area contributed by atoms with E-state index in [1.807, 2.05) is 0 Å². The standard InChI is InChI=1S/C24H35NO9S2/c1-15-6-7-20-23(2,3)8-5-9-24(20,4)18(15)12-16-13-19(26)21(27)17(22(16)34-36(31,32)33)14-25-10-11-35(28,29)30/h12-15,20,26-27H,5-11H2,1-4H3,(H,28,29,30)(H,31,32,33)/b18-12+,25-14?/t15-,20?,24+/m0/s1. The van der Waals surface area contributed by atoms with E-state index in [0.717, 1.165) is 50.0 Å². The van der Waals surface area contributed by atoms with Gasteiger partial charge >= 0.3 is 10.4 Å². The molecule has 2 fully saturated rings. The molecule has 3 rings (SSSR count). The average Bonchev–Trinajstić information content (AvgIpc) is 2.70. The molecular formula is C24H35NO9S2. The molecule has 0 amide bonds. The van der Waals surface area contributed by atoms with Gasteiger partial charge in [-0.2, -0.15) is 16.8 Å². The summed E-state index contributed by atoms with van der Waals surface area (Å²) in [6, 6.07) is 1.16. The molecule has 0 radical (unpaired) electrons. The first-order valence-corrected chi connectivity index (χ1v) is 14.8. The molecule has 0 aliphatic heterocycles. The third kappa shape index (κ3) is 6.21. The molecule has 0 heterocycles. The number of aliphatic imine (C=N–C) groups is 1. The minimum absolute atomic E-state index is 0.113. The Bertz CT molecular complexity index is 1280. The quantitative estimate of drug-likeness (QED) is 0.222. The van der Waals surface area contributed by atoms with Crippen molar-refractivity contribution in [2.75, 3.05) is 12.3 Å². The fraction of sp³-hybridized carbons (Fsp3) is 0.625. The summed E-state index contributed by atoms with van der Waals surface area (Å²) < 4.78 is 68.5. The number of nitrogens with zero attached hydrogens (tertiary/aromatic N) is 1. The van der Waals surface area contributed by atoms with Gasteiger partial charge in [-0.1, -0.05) is 45.8 Å². The van der Waals surface area contributed by atoms with E-state index in [2.05, 4.69) is 32.7 Å². The van der Waals surface area contributed by atoms with Crippen molar-refractivity contribution in [1.82, 2.24) is 0 Å². The van der Waals surface area contributed by atoms with Crippen molar-refractivity contribution in [1.29, 1.82) is 0 Å². The van der Waals surface area contributed by atoms with Crippen molar-refractivity contribution in [3.63, 3.8) is 0 Å². The van der Waals surface area contributed by atoms with Crippen LogP contribution in [0.4, 0.5) is 0 Å². The molecule has 10 nitrogen and oxygen atoms in total. The first-order valence-electron chi connectivity index (χ1n) is 11.9. The highest BCUT2D eigenvalue weighted by Crippen LogP contribution is 2.61. The zero-order chi connectivity index (χ0) is 27.1. The first-order chi connectivity index (χ1) is 16.4. The highest BCUT2D eigenvalue weighted by molar-refractivity contribution is 7.85. The van der Waals surface area contributed by atoms with Gasteiger partial charge in [0.05, 0.1) is 17.9 Å². The topological polar surface area (TPSA) is 171 Å². The molecule has 12 heteroatoms. The van der Waals surface area contributed by atoms with E-state index < -0.39 is 50.1 Å². The third-order valence-corrected chi connectivity index (χ3v) is 8.88. The molecule has 0 aromatic heterocycles. The second-order valence-electron chi connectivity index (χ2n) is 10.8. The number of hydrogen-bond acceptors (Lipinski definition) is 8. The van der Waals surface area contributed by atoms with Crippen molar-refractivity contribution >= 4 is 32.8 Å². The molecule has 4 N–H and O–H groups in total. The molecule has 202 valence electrons. The van der Waals surface area contributed by atoms with E-state index in [-0.39, 0.29) is 27.9 Å². The predicted molar refractivity (Wildman–Crippen MR) is 136 cm³/mol. The van der Waals surface area contributed by atoms with Gasteiger partial charge in [-0.25, -0.2) is 0 Å². The molecule has 0 spiro atoms. The second kappa shape index (κ2) is 9.96. The van der Waals surface area contributed by atoms with Crippen molar-refractivity contribution in [3.05, 3.63) is 22.8 Å². The van der Waals surface area contributed by atoms with Crippen LogP contribution in [0.25, 0.3) is 6.08 Å². The van der Waals surface area contributed by atoms with Crippen LogP contribution >= 0.6 is 0 Å². The fourth-order valence-electron chi connectivity index (χ4n) is 6.22. The fourth-order valence-corrected chi connectivity index (χ4v) is 6.95. The molecule has 2 aliphatic rings. The molecular weight excluding hydrogens is 510 g/mol. The van der Waals surface area contributed by atoms with Crippen LogP contribution in [0.15, 0.2) is 16.6 Å². The number of hydrogen-bond donors (Lipinski definition) is 4. The lowest BCUT2D eigenvalue weighted by atomic mass is 9.48. The number of benzene rings is 1. The highest BCUT2D eigenvalue weighted by Gasteiger charge is 2.51. The molecule has 1 unspecified atom stereocenters. The lowest BCUT2D eigenvalue weighted by Crippen LogP contribution is -2.47. The maximum absolute atomic E-state index is 11.7. The van der Waals surface area contributed by atoms with Crippen molar-refractivity contribution in [2.24, 2.45) is 27.7 Å². The Morgan fingerprint density at radius 1 is 1.11 bits per heavy atom. The molecule has 2 aliphatic carbocycles. The van der Waals surface area contributed by atoms with Crippen LogP contribution in [0, 0.1) is 22.7 Å². The molecule has 1 aromatic rings. The van der Waals surface area contributed by atoms with Gasteiger partial charge in [-0.15, -0.1) is 0 Å². The SMILES string of the molecule is C[C@H]1CCC2C(C)(C)CCC[C@]2(C)/C1=C/c1cc(O)c(O)c(C=NCCS(=O)(=O)O)c1OS(=O)(=O)O. The Hall–Kier alpha value is -2.15. The Labute approximate surface area is 212 Å². The monoisotopic (exact) mass is 545 g/mol. The van der Waals surface area contributed by atoms with Gasteiger partial charge in [-0.05, 0) is 54.4 Å². The maximum atomic E-state index is 11.7. The summed E-state index contributed by atoms with van der Waals surface area (Å²) in [7, 11) is -9.34. The summed E-state index contributed by atoms with van der Waals surface area (Å²) >= 11 is 0.